The summed E-state index contributed by atoms with van der Waals surface area (Å²) in [5.74, 6) is 1.19. The van der Waals surface area contributed by atoms with Crippen LogP contribution in [0.4, 0.5) is 5.69 Å². The molecular weight excluding hydrogens is 228 g/mol. The van der Waals surface area contributed by atoms with E-state index in [9.17, 15) is 4.79 Å². The Labute approximate surface area is 108 Å². The number of benzene rings is 1. The van der Waals surface area contributed by atoms with Gasteiger partial charge in [-0.3, -0.25) is 4.79 Å². The first-order valence-electron chi connectivity index (χ1n) is 6.18. The molecule has 0 unspecified atom stereocenters. The van der Waals surface area contributed by atoms with Crippen molar-refractivity contribution < 1.29 is 9.53 Å². The standard InChI is InChI=1S/C14H20N2O2/c1-9-5-12(6-10(2)13(9)18-4)16(3)14(17)11-7-15-8-11/h5-6,11,15H,7-8H2,1-4H3. The van der Waals surface area contributed by atoms with E-state index in [0.29, 0.717) is 0 Å². The number of carbonyl (C=O) groups is 1. The maximum atomic E-state index is 12.2. The fourth-order valence-electron chi connectivity index (χ4n) is 2.31. The van der Waals surface area contributed by atoms with Gasteiger partial charge >= 0.3 is 0 Å². The molecule has 98 valence electrons. The van der Waals surface area contributed by atoms with E-state index in [1.807, 2.05) is 33.0 Å². The molecule has 1 aliphatic heterocycles. The molecule has 1 heterocycles. The highest BCUT2D eigenvalue weighted by Crippen LogP contribution is 2.29. The number of rotatable bonds is 3. The lowest BCUT2D eigenvalue weighted by Gasteiger charge is -2.30. The van der Waals surface area contributed by atoms with Crippen molar-refractivity contribution in [1.29, 1.82) is 0 Å². The summed E-state index contributed by atoms with van der Waals surface area (Å²) in [5, 5.41) is 3.12. The number of hydrogen-bond acceptors (Lipinski definition) is 3. The van der Waals surface area contributed by atoms with E-state index < -0.39 is 0 Å². The second kappa shape index (κ2) is 4.98. The van der Waals surface area contributed by atoms with E-state index in [2.05, 4.69) is 5.32 Å². The zero-order valence-corrected chi connectivity index (χ0v) is 11.4. The average Bonchev–Trinajstić information content (AvgIpc) is 2.25. The van der Waals surface area contributed by atoms with E-state index in [1.54, 1.807) is 12.0 Å². The van der Waals surface area contributed by atoms with E-state index in [1.165, 1.54) is 0 Å². The molecule has 1 amide bonds. The number of ether oxygens (including phenoxy) is 1. The van der Waals surface area contributed by atoms with Gasteiger partial charge in [0, 0.05) is 25.8 Å². The molecule has 0 bridgehead atoms. The molecule has 1 N–H and O–H groups in total. The van der Waals surface area contributed by atoms with Crippen LogP contribution in [-0.4, -0.2) is 33.2 Å². The zero-order chi connectivity index (χ0) is 13.3. The molecule has 0 atom stereocenters. The van der Waals surface area contributed by atoms with E-state index in [-0.39, 0.29) is 11.8 Å². The Bertz CT molecular complexity index is 444. The number of anilines is 1. The third-order valence-corrected chi connectivity index (χ3v) is 3.50. The molecule has 0 aliphatic carbocycles. The maximum Gasteiger partial charge on any atom is 0.232 e. The molecule has 1 aliphatic rings. The van der Waals surface area contributed by atoms with Crippen LogP contribution in [0.3, 0.4) is 0 Å². The predicted molar refractivity (Wildman–Crippen MR) is 72.2 cm³/mol. The van der Waals surface area contributed by atoms with Gasteiger partial charge in [0.2, 0.25) is 5.91 Å². The van der Waals surface area contributed by atoms with Crippen molar-refractivity contribution in [2.24, 2.45) is 5.92 Å². The second-order valence-electron chi connectivity index (χ2n) is 4.87. The normalized spacial score (nSPS) is 15.1. The Morgan fingerprint density at radius 3 is 2.28 bits per heavy atom. The minimum Gasteiger partial charge on any atom is -0.496 e. The van der Waals surface area contributed by atoms with Crippen LogP contribution in [0.1, 0.15) is 11.1 Å². The lowest BCUT2D eigenvalue weighted by atomic mass is 10.0. The van der Waals surface area contributed by atoms with Crippen LogP contribution in [0.25, 0.3) is 0 Å². The Balaban J connectivity index is 2.25. The number of aryl methyl sites for hydroxylation is 2. The molecular formula is C14H20N2O2. The van der Waals surface area contributed by atoms with Crippen LogP contribution in [0.15, 0.2) is 12.1 Å². The largest absolute Gasteiger partial charge is 0.496 e. The van der Waals surface area contributed by atoms with Gasteiger partial charge in [-0.1, -0.05) is 0 Å². The Morgan fingerprint density at radius 2 is 1.89 bits per heavy atom. The molecule has 1 fully saturated rings. The summed E-state index contributed by atoms with van der Waals surface area (Å²) in [6.45, 7) is 5.58. The first-order valence-corrected chi connectivity index (χ1v) is 6.18. The van der Waals surface area contributed by atoms with Crippen molar-refractivity contribution in [1.82, 2.24) is 5.32 Å². The lowest BCUT2D eigenvalue weighted by Crippen LogP contribution is -2.51. The summed E-state index contributed by atoms with van der Waals surface area (Å²) < 4.78 is 5.34. The Morgan fingerprint density at radius 1 is 1.33 bits per heavy atom. The summed E-state index contributed by atoms with van der Waals surface area (Å²) in [7, 11) is 3.51. The summed E-state index contributed by atoms with van der Waals surface area (Å²) in [6.07, 6.45) is 0. The Kier molecular flexibility index (Phi) is 3.57. The SMILES string of the molecule is COc1c(C)cc(N(C)C(=O)C2CNC2)cc1C. The summed E-state index contributed by atoms with van der Waals surface area (Å²) in [6, 6.07) is 3.99. The van der Waals surface area contributed by atoms with E-state index in [0.717, 1.165) is 35.7 Å². The number of amides is 1. The third kappa shape index (κ3) is 2.20. The fourth-order valence-corrected chi connectivity index (χ4v) is 2.31. The van der Waals surface area contributed by atoms with Crippen molar-refractivity contribution in [2.75, 3.05) is 32.1 Å². The van der Waals surface area contributed by atoms with E-state index >= 15 is 0 Å². The minimum atomic E-state index is 0.123. The highest BCUT2D eigenvalue weighted by atomic mass is 16.5. The first kappa shape index (κ1) is 12.9. The van der Waals surface area contributed by atoms with Gasteiger partial charge in [0.25, 0.3) is 0 Å². The number of nitrogens with one attached hydrogen (secondary N) is 1. The van der Waals surface area contributed by atoms with Crippen molar-refractivity contribution in [3.05, 3.63) is 23.3 Å². The van der Waals surface area contributed by atoms with Crippen LogP contribution in [0.5, 0.6) is 5.75 Å². The molecule has 1 saturated heterocycles. The number of nitrogens with zero attached hydrogens (tertiary/aromatic N) is 1. The van der Waals surface area contributed by atoms with Crippen LogP contribution < -0.4 is 15.0 Å². The van der Waals surface area contributed by atoms with Gasteiger partial charge in [0.15, 0.2) is 0 Å². The van der Waals surface area contributed by atoms with Crippen LogP contribution in [0, 0.1) is 19.8 Å². The van der Waals surface area contributed by atoms with Crippen molar-refractivity contribution in [3.8, 4) is 5.75 Å². The zero-order valence-electron chi connectivity index (χ0n) is 11.4. The second-order valence-corrected chi connectivity index (χ2v) is 4.87. The topological polar surface area (TPSA) is 41.6 Å². The minimum absolute atomic E-state index is 0.123. The average molecular weight is 248 g/mol. The molecule has 1 aromatic carbocycles. The molecule has 0 saturated carbocycles. The van der Waals surface area contributed by atoms with Crippen LogP contribution in [-0.2, 0) is 4.79 Å². The molecule has 4 heteroatoms. The predicted octanol–water partition coefficient (Wildman–Crippen LogP) is 1.49. The lowest BCUT2D eigenvalue weighted by molar-refractivity contribution is -0.123. The number of hydrogen-bond donors (Lipinski definition) is 1. The van der Waals surface area contributed by atoms with Crippen LogP contribution in [0.2, 0.25) is 0 Å². The monoisotopic (exact) mass is 248 g/mol. The Hall–Kier alpha value is -1.55. The summed E-state index contributed by atoms with van der Waals surface area (Å²) in [4.78, 5) is 13.9. The summed E-state index contributed by atoms with van der Waals surface area (Å²) in [5.41, 5.74) is 3.04. The highest BCUT2D eigenvalue weighted by molar-refractivity contribution is 5.95. The van der Waals surface area contributed by atoms with Gasteiger partial charge < -0.3 is 15.0 Å². The first-order chi connectivity index (χ1) is 8.54. The molecule has 0 spiro atoms. The van der Waals surface area contributed by atoms with Crippen LogP contribution >= 0.6 is 0 Å². The quantitative estimate of drug-likeness (QED) is 0.881. The number of carbonyl (C=O) groups excluding carboxylic acids is 1. The molecule has 0 radical (unpaired) electrons. The van der Waals surface area contributed by atoms with Gasteiger partial charge in [0.1, 0.15) is 5.75 Å². The van der Waals surface area contributed by atoms with Gasteiger partial charge in [0.05, 0.1) is 13.0 Å². The van der Waals surface area contributed by atoms with Crippen molar-refractivity contribution in [3.63, 3.8) is 0 Å². The number of methoxy groups -OCH3 is 1. The smallest absolute Gasteiger partial charge is 0.232 e. The molecule has 2 rings (SSSR count). The molecule has 0 aromatic heterocycles. The summed E-state index contributed by atoms with van der Waals surface area (Å²) >= 11 is 0. The van der Waals surface area contributed by atoms with E-state index in [4.69, 9.17) is 4.74 Å². The van der Waals surface area contributed by atoms with Crippen molar-refractivity contribution >= 4 is 11.6 Å². The molecule has 18 heavy (non-hydrogen) atoms. The molecule has 1 aromatic rings. The highest BCUT2D eigenvalue weighted by Gasteiger charge is 2.28. The van der Waals surface area contributed by atoms with Crippen molar-refractivity contribution in [2.45, 2.75) is 13.8 Å². The van der Waals surface area contributed by atoms with Gasteiger partial charge in [-0.25, -0.2) is 0 Å². The van der Waals surface area contributed by atoms with Gasteiger partial charge in [-0.05, 0) is 37.1 Å². The fraction of sp³-hybridized carbons (Fsp3) is 0.500. The van der Waals surface area contributed by atoms with Gasteiger partial charge in [-0.2, -0.15) is 0 Å². The molecule has 4 nitrogen and oxygen atoms in total. The van der Waals surface area contributed by atoms with Gasteiger partial charge in [-0.15, -0.1) is 0 Å². The third-order valence-electron chi connectivity index (χ3n) is 3.50. The maximum absolute atomic E-state index is 12.2.